The van der Waals surface area contributed by atoms with Crippen molar-refractivity contribution in [1.29, 1.82) is 0 Å². The molecule has 2 rings (SSSR count). The minimum absolute atomic E-state index is 0.105. The molecule has 0 aromatic heterocycles. The quantitative estimate of drug-likeness (QED) is 0.605. The van der Waals surface area contributed by atoms with E-state index in [1.165, 1.54) is 6.21 Å². The van der Waals surface area contributed by atoms with Crippen LogP contribution in [0.5, 0.6) is 0 Å². The fourth-order valence-corrected chi connectivity index (χ4v) is 1.51. The van der Waals surface area contributed by atoms with Gasteiger partial charge in [0, 0.05) is 5.56 Å². The van der Waals surface area contributed by atoms with E-state index in [0.29, 0.717) is 0 Å². The Morgan fingerprint density at radius 1 is 1.11 bits per heavy atom. The monoisotopic (exact) mass is 261 g/mol. The Labute approximate surface area is 110 Å². The SMILES string of the molecule is Cc1ccc(C=NOCc2cc(F)ccc2F)cc1. The molecule has 0 aliphatic heterocycles. The van der Waals surface area contributed by atoms with Crippen LogP contribution in [0.25, 0.3) is 0 Å². The van der Waals surface area contributed by atoms with Gasteiger partial charge in [-0.15, -0.1) is 0 Å². The van der Waals surface area contributed by atoms with E-state index in [9.17, 15) is 8.78 Å². The van der Waals surface area contributed by atoms with Crippen LogP contribution in [0.3, 0.4) is 0 Å². The van der Waals surface area contributed by atoms with Gasteiger partial charge < -0.3 is 4.84 Å². The molecule has 0 bridgehead atoms. The first kappa shape index (κ1) is 13.2. The zero-order chi connectivity index (χ0) is 13.7. The van der Waals surface area contributed by atoms with Crippen LogP contribution in [0.2, 0.25) is 0 Å². The van der Waals surface area contributed by atoms with Crippen molar-refractivity contribution in [1.82, 2.24) is 0 Å². The average molecular weight is 261 g/mol. The first-order valence-corrected chi connectivity index (χ1v) is 5.81. The largest absolute Gasteiger partial charge is 0.391 e. The molecule has 2 aromatic carbocycles. The molecular formula is C15H13F2NO. The Kier molecular flexibility index (Phi) is 4.23. The first-order chi connectivity index (χ1) is 9.15. The third-order valence-electron chi connectivity index (χ3n) is 2.58. The van der Waals surface area contributed by atoms with Crippen molar-refractivity contribution in [3.8, 4) is 0 Å². The highest BCUT2D eigenvalue weighted by atomic mass is 19.1. The lowest BCUT2D eigenvalue weighted by molar-refractivity contribution is 0.129. The summed E-state index contributed by atoms with van der Waals surface area (Å²) in [5, 5.41) is 3.72. The van der Waals surface area contributed by atoms with Crippen LogP contribution in [0.4, 0.5) is 8.78 Å². The van der Waals surface area contributed by atoms with Crippen molar-refractivity contribution in [3.63, 3.8) is 0 Å². The second kappa shape index (κ2) is 6.09. The molecule has 2 nitrogen and oxygen atoms in total. The van der Waals surface area contributed by atoms with Gasteiger partial charge in [-0.3, -0.25) is 0 Å². The van der Waals surface area contributed by atoms with E-state index in [0.717, 1.165) is 29.3 Å². The molecular weight excluding hydrogens is 248 g/mol. The molecule has 19 heavy (non-hydrogen) atoms. The van der Waals surface area contributed by atoms with Crippen molar-refractivity contribution >= 4 is 6.21 Å². The number of hydrogen-bond acceptors (Lipinski definition) is 2. The molecule has 0 aliphatic rings. The van der Waals surface area contributed by atoms with Gasteiger partial charge in [-0.05, 0) is 30.7 Å². The summed E-state index contributed by atoms with van der Waals surface area (Å²) in [5.41, 5.74) is 2.17. The molecule has 0 spiro atoms. The lowest BCUT2D eigenvalue weighted by atomic mass is 10.2. The highest BCUT2D eigenvalue weighted by molar-refractivity contribution is 5.79. The highest BCUT2D eigenvalue weighted by Gasteiger charge is 2.03. The molecule has 0 atom stereocenters. The van der Waals surface area contributed by atoms with Crippen LogP contribution in [0, 0.1) is 18.6 Å². The molecule has 0 radical (unpaired) electrons. The van der Waals surface area contributed by atoms with Gasteiger partial charge in [-0.1, -0.05) is 35.0 Å². The summed E-state index contributed by atoms with van der Waals surface area (Å²) in [6.45, 7) is 1.89. The Hall–Kier alpha value is -2.23. The maximum atomic E-state index is 13.3. The maximum absolute atomic E-state index is 13.3. The summed E-state index contributed by atoms with van der Waals surface area (Å²) < 4.78 is 26.2. The van der Waals surface area contributed by atoms with E-state index >= 15 is 0 Å². The number of benzene rings is 2. The second-order valence-electron chi connectivity index (χ2n) is 4.15. The van der Waals surface area contributed by atoms with Crippen molar-refractivity contribution in [2.45, 2.75) is 13.5 Å². The summed E-state index contributed by atoms with van der Waals surface area (Å²) in [6, 6.07) is 10.9. The van der Waals surface area contributed by atoms with E-state index in [1.807, 2.05) is 31.2 Å². The van der Waals surface area contributed by atoms with Crippen LogP contribution in [0.15, 0.2) is 47.6 Å². The van der Waals surface area contributed by atoms with Crippen LogP contribution in [-0.2, 0) is 11.4 Å². The van der Waals surface area contributed by atoms with Crippen LogP contribution in [0.1, 0.15) is 16.7 Å². The molecule has 0 amide bonds. The summed E-state index contributed by atoms with van der Waals surface area (Å²) in [5.74, 6) is -1.01. The lowest BCUT2D eigenvalue weighted by Crippen LogP contribution is -1.94. The Bertz CT molecular complexity index is 579. The molecule has 0 N–H and O–H groups in total. The van der Waals surface area contributed by atoms with Crippen molar-refractivity contribution < 1.29 is 13.6 Å². The van der Waals surface area contributed by atoms with E-state index < -0.39 is 11.6 Å². The van der Waals surface area contributed by atoms with Crippen molar-refractivity contribution in [2.75, 3.05) is 0 Å². The minimum atomic E-state index is -0.507. The smallest absolute Gasteiger partial charge is 0.145 e. The van der Waals surface area contributed by atoms with Gasteiger partial charge in [0.25, 0.3) is 0 Å². The molecule has 0 saturated carbocycles. The highest BCUT2D eigenvalue weighted by Crippen LogP contribution is 2.10. The molecule has 2 aromatic rings. The maximum Gasteiger partial charge on any atom is 0.145 e. The minimum Gasteiger partial charge on any atom is -0.391 e. The zero-order valence-electron chi connectivity index (χ0n) is 10.4. The summed E-state index contributed by atoms with van der Waals surface area (Å²) in [4.78, 5) is 4.95. The number of halogens is 2. The van der Waals surface area contributed by atoms with E-state index in [2.05, 4.69) is 5.16 Å². The fourth-order valence-electron chi connectivity index (χ4n) is 1.51. The lowest BCUT2D eigenvalue weighted by Gasteiger charge is -2.01. The third-order valence-corrected chi connectivity index (χ3v) is 2.58. The number of nitrogens with zero attached hydrogens (tertiary/aromatic N) is 1. The predicted molar refractivity (Wildman–Crippen MR) is 69.9 cm³/mol. The molecule has 0 aliphatic carbocycles. The van der Waals surface area contributed by atoms with Gasteiger partial charge in [-0.25, -0.2) is 8.78 Å². The average Bonchev–Trinajstić information content (AvgIpc) is 2.40. The Morgan fingerprint density at radius 3 is 2.58 bits per heavy atom. The molecule has 0 unspecified atom stereocenters. The number of aryl methyl sites for hydroxylation is 1. The Morgan fingerprint density at radius 2 is 1.84 bits per heavy atom. The van der Waals surface area contributed by atoms with Crippen LogP contribution >= 0.6 is 0 Å². The number of hydrogen-bond donors (Lipinski definition) is 0. The summed E-state index contributed by atoms with van der Waals surface area (Å²) in [7, 11) is 0. The zero-order valence-corrected chi connectivity index (χ0v) is 10.4. The molecule has 0 saturated heterocycles. The molecule has 98 valence electrons. The predicted octanol–water partition coefficient (Wildman–Crippen LogP) is 3.82. The fraction of sp³-hybridized carbons (Fsp3) is 0.133. The molecule has 4 heteroatoms. The van der Waals surface area contributed by atoms with Crippen LogP contribution in [-0.4, -0.2) is 6.21 Å². The number of oxime groups is 1. The normalized spacial score (nSPS) is 10.9. The summed E-state index contributed by atoms with van der Waals surface area (Å²) in [6.07, 6.45) is 1.52. The van der Waals surface area contributed by atoms with Gasteiger partial charge in [0.05, 0.1) is 6.21 Å². The van der Waals surface area contributed by atoms with Gasteiger partial charge >= 0.3 is 0 Å². The van der Waals surface area contributed by atoms with Crippen LogP contribution < -0.4 is 0 Å². The third kappa shape index (κ3) is 3.88. The van der Waals surface area contributed by atoms with E-state index in [4.69, 9.17) is 4.84 Å². The van der Waals surface area contributed by atoms with Crippen molar-refractivity contribution in [2.24, 2.45) is 5.16 Å². The van der Waals surface area contributed by atoms with Gasteiger partial charge in [0.1, 0.15) is 18.2 Å². The number of rotatable bonds is 4. The Balaban J connectivity index is 1.92. The van der Waals surface area contributed by atoms with Crippen molar-refractivity contribution in [3.05, 3.63) is 70.8 Å². The second-order valence-corrected chi connectivity index (χ2v) is 4.15. The van der Waals surface area contributed by atoms with Gasteiger partial charge in [0.2, 0.25) is 0 Å². The van der Waals surface area contributed by atoms with E-state index in [1.54, 1.807) is 0 Å². The first-order valence-electron chi connectivity index (χ1n) is 5.81. The van der Waals surface area contributed by atoms with Gasteiger partial charge in [0.15, 0.2) is 0 Å². The topological polar surface area (TPSA) is 21.6 Å². The molecule has 0 heterocycles. The van der Waals surface area contributed by atoms with E-state index in [-0.39, 0.29) is 12.2 Å². The van der Waals surface area contributed by atoms with Gasteiger partial charge in [-0.2, -0.15) is 0 Å². The standard InChI is InChI=1S/C15H13F2NO/c1-11-2-4-12(5-3-11)9-18-19-10-13-8-14(16)6-7-15(13)17/h2-9H,10H2,1H3. The summed E-state index contributed by atoms with van der Waals surface area (Å²) >= 11 is 0. The molecule has 0 fully saturated rings.